The van der Waals surface area contributed by atoms with E-state index in [-0.39, 0.29) is 52.0 Å². The molecule has 0 aromatic heterocycles. The molecule has 1 aliphatic heterocycles. The lowest BCUT2D eigenvalue weighted by atomic mass is 10.0. The number of phenolic OH excluding ortho intramolecular Hbond substituents is 1. The molecule has 1 heterocycles. The minimum atomic E-state index is -1.29. The van der Waals surface area contributed by atoms with Crippen molar-refractivity contribution in [2.24, 2.45) is 0 Å². The molecular weight excluding hydrogens is 428 g/mol. The predicted molar refractivity (Wildman–Crippen MR) is 121 cm³/mol. The van der Waals surface area contributed by atoms with E-state index in [2.05, 4.69) is 5.32 Å². The van der Waals surface area contributed by atoms with Crippen LogP contribution < -0.4 is 25.3 Å². The number of anilines is 2. The Morgan fingerprint density at radius 3 is 2.42 bits per heavy atom. The number of nitrogen functional groups attached to an aromatic ring is 1. The molecular formula is C24H22N2O7. The number of hydrogen-bond acceptors (Lipinski definition) is 8. The molecule has 0 unspecified atom stereocenters. The molecule has 5 N–H and O–H groups in total. The second-order valence-electron chi connectivity index (χ2n) is 7.58. The van der Waals surface area contributed by atoms with Crippen molar-refractivity contribution < 1.29 is 34.0 Å². The third-order valence-corrected chi connectivity index (χ3v) is 5.43. The fraction of sp³-hybridized carbons (Fsp3) is 0.167. The lowest BCUT2D eigenvalue weighted by Crippen LogP contribution is -2.12. The third-order valence-electron chi connectivity index (χ3n) is 5.43. The summed E-state index contributed by atoms with van der Waals surface area (Å²) >= 11 is 0. The molecule has 9 nitrogen and oxygen atoms in total. The van der Waals surface area contributed by atoms with Crippen LogP contribution in [0.5, 0.6) is 28.7 Å². The molecule has 0 saturated carbocycles. The largest absolute Gasteiger partial charge is 0.507 e. The van der Waals surface area contributed by atoms with Crippen LogP contribution in [0, 0.1) is 13.8 Å². The number of carbonyl (C=O) groups is 2. The quantitative estimate of drug-likeness (QED) is 0.255. The molecule has 0 spiro atoms. The average molecular weight is 450 g/mol. The lowest BCUT2D eigenvalue weighted by molar-refractivity contribution is 0.0685. The summed E-state index contributed by atoms with van der Waals surface area (Å²) in [6.45, 7) is 3.34. The molecule has 0 atom stereocenters. The number of benzene rings is 3. The average Bonchev–Trinajstić information content (AvgIpc) is 2.92. The first kappa shape index (κ1) is 21.8. The molecule has 4 rings (SSSR count). The maximum atomic E-state index is 13.1. The van der Waals surface area contributed by atoms with E-state index in [9.17, 15) is 19.8 Å². The zero-order valence-electron chi connectivity index (χ0n) is 18.2. The van der Waals surface area contributed by atoms with Crippen LogP contribution in [-0.4, -0.2) is 29.3 Å². The number of aromatic carboxylic acids is 1. The van der Waals surface area contributed by atoms with Gasteiger partial charge in [-0.1, -0.05) is 0 Å². The van der Waals surface area contributed by atoms with Gasteiger partial charge < -0.3 is 35.5 Å². The van der Waals surface area contributed by atoms with Gasteiger partial charge in [-0.3, -0.25) is 0 Å². The maximum absolute atomic E-state index is 13.1. The number of methoxy groups -OCH3 is 1. The molecule has 0 aliphatic carbocycles. The molecule has 0 bridgehead atoms. The van der Waals surface area contributed by atoms with Crippen LogP contribution in [-0.2, 0) is 6.54 Å². The van der Waals surface area contributed by atoms with Crippen LogP contribution in [0.15, 0.2) is 36.4 Å². The number of fused-ring (bicyclic) bond motifs is 2. The van der Waals surface area contributed by atoms with Crippen LogP contribution in [0.3, 0.4) is 0 Å². The Morgan fingerprint density at radius 2 is 1.79 bits per heavy atom. The monoisotopic (exact) mass is 450 g/mol. The van der Waals surface area contributed by atoms with E-state index in [0.717, 1.165) is 5.69 Å². The molecule has 3 aromatic rings. The van der Waals surface area contributed by atoms with Gasteiger partial charge in [0.05, 0.1) is 12.7 Å². The van der Waals surface area contributed by atoms with Crippen molar-refractivity contribution in [3.8, 4) is 28.7 Å². The van der Waals surface area contributed by atoms with Gasteiger partial charge >= 0.3 is 11.9 Å². The topological polar surface area (TPSA) is 140 Å². The van der Waals surface area contributed by atoms with E-state index >= 15 is 0 Å². The predicted octanol–water partition coefficient (Wildman–Crippen LogP) is 4.24. The van der Waals surface area contributed by atoms with Gasteiger partial charge in [0.15, 0.2) is 17.2 Å². The van der Waals surface area contributed by atoms with Crippen molar-refractivity contribution in [3.63, 3.8) is 0 Å². The summed E-state index contributed by atoms with van der Waals surface area (Å²) in [7, 11) is 1.39. The summed E-state index contributed by atoms with van der Waals surface area (Å²) in [6, 6.07) is 9.71. The fourth-order valence-electron chi connectivity index (χ4n) is 3.69. The van der Waals surface area contributed by atoms with Gasteiger partial charge in [0.25, 0.3) is 0 Å². The van der Waals surface area contributed by atoms with Crippen molar-refractivity contribution in [2.75, 3.05) is 18.2 Å². The van der Waals surface area contributed by atoms with Gasteiger partial charge in [-0.25, -0.2) is 9.59 Å². The molecule has 0 radical (unpaired) electrons. The number of nitrogens with two attached hydrogens (primary N) is 1. The second-order valence-corrected chi connectivity index (χ2v) is 7.58. The normalized spacial score (nSPS) is 12.0. The zero-order chi connectivity index (χ0) is 23.9. The third kappa shape index (κ3) is 3.84. The summed E-state index contributed by atoms with van der Waals surface area (Å²) in [5.74, 6) is -2.09. The number of phenols is 1. The summed E-state index contributed by atoms with van der Waals surface area (Å²) in [5, 5.41) is 23.6. The van der Waals surface area contributed by atoms with Crippen LogP contribution in [0.25, 0.3) is 0 Å². The van der Waals surface area contributed by atoms with E-state index in [1.54, 1.807) is 38.1 Å². The highest BCUT2D eigenvalue weighted by molar-refractivity contribution is 6.00. The highest BCUT2D eigenvalue weighted by Gasteiger charge is 2.34. The number of hydrogen-bond donors (Lipinski definition) is 4. The van der Waals surface area contributed by atoms with Gasteiger partial charge in [0, 0.05) is 23.5 Å². The van der Waals surface area contributed by atoms with E-state index < -0.39 is 11.9 Å². The van der Waals surface area contributed by atoms with Gasteiger partial charge in [-0.15, -0.1) is 0 Å². The smallest absolute Gasteiger partial charge is 0.347 e. The molecule has 170 valence electrons. The summed E-state index contributed by atoms with van der Waals surface area (Å²) < 4.78 is 16.9. The molecule has 9 heteroatoms. The van der Waals surface area contributed by atoms with Gasteiger partial charge in [0.1, 0.15) is 22.6 Å². The van der Waals surface area contributed by atoms with Crippen LogP contribution in [0.1, 0.15) is 37.4 Å². The summed E-state index contributed by atoms with van der Waals surface area (Å²) in [6.07, 6.45) is 0. The maximum Gasteiger partial charge on any atom is 0.347 e. The fourth-order valence-corrected chi connectivity index (χ4v) is 3.69. The van der Waals surface area contributed by atoms with E-state index in [1.165, 1.54) is 19.2 Å². The number of aromatic hydroxyl groups is 1. The summed E-state index contributed by atoms with van der Waals surface area (Å²) in [4.78, 5) is 25.1. The molecule has 1 aliphatic rings. The van der Waals surface area contributed by atoms with Crippen molar-refractivity contribution in [2.45, 2.75) is 20.4 Å². The Morgan fingerprint density at radius 1 is 1.09 bits per heavy atom. The Balaban J connectivity index is 1.87. The van der Waals surface area contributed by atoms with Crippen molar-refractivity contribution in [1.29, 1.82) is 0 Å². The minimum Gasteiger partial charge on any atom is -0.507 e. The van der Waals surface area contributed by atoms with Crippen molar-refractivity contribution in [1.82, 2.24) is 0 Å². The highest BCUT2D eigenvalue weighted by atomic mass is 16.6. The Hall–Kier alpha value is -4.40. The number of carboxylic acids is 1. The van der Waals surface area contributed by atoms with Gasteiger partial charge in [-0.2, -0.15) is 0 Å². The first-order valence-corrected chi connectivity index (χ1v) is 10.0. The number of rotatable bonds is 5. The molecule has 0 fully saturated rings. The number of esters is 1. The first-order valence-electron chi connectivity index (χ1n) is 10.0. The van der Waals surface area contributed by atoms with E-state index in [1.807, 2.05) is 0 Å². The zero-order valence-corrected chi connectivity index (χ0v) is 18.2. The van der Waals surface area contributed by atoms with E-state index in [0.29, 0.717) is 16.8 Å². The van der Waals surface area contributed by atoms with Gasteiger partial charge in [-0.05, 0) is 55.8 Å². The number of aryl methyl sites for hydroxylation is 1. The highest BCUT2D eigenvalue weighted by Crippen LogP contribution is 2.48. The number of carbonyl (C=O) groups excluding carboxylic acids is 1. The second kappa shape index (κ2) is 8.27. The first-order chi connectivity index (χ1) is 15.7. The standard InChI is InChI=1S/C24H22N2O7/c1-11-8-17(27)16(10-26-14-6-4-13(25)5-7-14)21-19(11)24(30)33-20-12(2)18(31-3)9-15(23(28)29)22(20)32-21/h4-9,26-27H,10,25H2,1-3H3,(H,28,29). The Bertz CT molecular complexity index is 1280. The molecule has 0 saturated heterocycles. The lowest BCUT2D eigenvalue weighted by Gasteiger charge is -2.18. The minimum absolute atomic E-state index is 0.0197. The van der Waals surface area contributed by atoms with Crippen molar-refractivity contribution >= 4 is 23.3 Å². The number of carboxylic acid groups (broad SMARTS) is 1. The molecule has 0 amide bonds. The number of nitrogens with one attached hydrogen (secondary N) is 1. The van der Waals surface area contributed by atoms with Crippen molar-refractivity contribution in [3.05, 3.63) is 64.2 Å². The van der Waals surface area contributed by atoms with Crippen LogP contribution in [0.4, 0.5) is 11.4 Å². The SMILES string of the molecule is COc1cc(C(=O)O)c2c(c1C)OC(=O)c1c(C)cc(O)c(CNc3ccc(N)cc3)c1O2. The van der Waals surface area contributed by atoms with E-state index in [4.69, 9.17) is 19.9 Å². The number of ether oxygens (including phenoxy) is 3. The van der Waals surface area contributed by atoms with Crippen LogP contribution in [0.2, 0.25) is 0 Å². The summed E-state index contributed by atoms with van der Waals surface area (Å²) in [5.41, 5.74) is 7.97. The Kier molecular flexibility index (Phi) is 5.47. The molecule has 3 aromatic carbocycles. The van der Waals surface area contributed by atoms with Gasteiger partial charge in [0.2, 0.25) is 0 Å². The Labute approximate surface area is 189 Å². The van der Waals surface area contributed by atoms with Crippen LogP contribution >= 0.6 is 0 Å². The molecule has 33 heavy (non-hydrogen) atoms.